The average Bonchev–Trinajstić information content (AvgIpc) is 3.02. The van der Waals surface area contributed by atoms with E-state index >= 15 is 0 Å². The minimum absolute atomic E-state index is 0.103. The molecule has 1 amide bonds. The molecule has 0 saturated carbocycles. The fourth-order valence-electron chi connectivity index (χ4n) is 4.39. The van der Waals surface area contributed by atoms with Crippen LogP contribution in [0.5, 0.6) is 0 Å². The van der Waals surface area contributed by atoms with Gasteiger partial charge in [-0.2, -0.15) is 0 Å². The van der Waals surface area contributed by atoms with Gasteiger partial charge in [-0.1, -0.05) is 49.4 Å². The highest BCUT2D eigenvalue weighted by atomic mass is 16.6. The molecule has 30 heavy (non-hydrogen) atoms. The third-order valence-electron chi connectivity index (χ3n) is 6.08. The topological polar surface area (TPSA) is 61.9 Å². The molecule has 3 atom stereocenters. The minimum Gasteiger partial charge on any atom is -0.441 e. The predicted octanol–water partition coefficient (Wildman–Crippen LogP) is 2.75. The maximum absolute atomic E-state index is 12.4. The third-order valence-corrected chi connectivity index (χ3v) is 6.08. The first-order valence-electron chi connectivity index (χ1n) is 10.6. The summed E-state index contributed by atoms with van der Waals surface area (Å²) < 4.78 is 5.37. The lowest BCUT2D eigenvalue weighted by Crippen LogP contribution is -2.45. The monoisotopic (exact) mass is 407 g/mol. The number of anilines is 1. The molecule has 6 nitrogen and oxygen atoms in total. The first-order chi connectivity index (χ1) is 14.5. The van der Waals surface area contributed by atoms with Gasteiger partial charge in [0.25, 0.3) is 0 Å². The molecule has 2 aliphatic rings. The van der Waals surface area contributed by atoms with Crippen LogP contribution in [0.2, 0.25) is 0 Å². The van der Waals surface area contributed by atoms with Crippen LogP contribution in [-0.2, 0) is 20.9 Å². The number of hydrogen-bond acceptors (Lipinski definition) is 5. The van der Waals surface area contributed by atoms with Crippen LogP contribution >= 0.6 is 0 Å². The lowest BCUT2D eigenvalue weighted by molar-refractivity contribution is -0.144. The number of nitrogens with zero attached hydrogens (tertiary/aromatic N) is 2. The molecule has 0 radical (unpaired) electrons. The molecule has 0 spiro atoms. The van der Waals surface area contributed by atoms with Gasteiger partial charge < -0.3 is 15.0 Å². The van der Waals surface area contributed by atoms with E-state index in [9.17, 15) is 9.59 Å². The maximum atomic E-state index is 12.4. The lowest BCUT2D eigenvalue weighted by atomic mass is 9.88. The number of benzene rings is 2. The quantitative estimate of drug-likeness (QED) is 0.773. The summed E-state index contributed by atoms with van der Waals surface area (Å²) in [4.78, 5) is 28.6. The zero-order chi connectivity index (χ0) is 21.1. The van der Waals surface area contributed by atoms with E-state index in [1.807, 2.05) is 19.1 Å². The Morgan fingerprint density at radius 3 is 2.33 bits per heavy atom. The van der Waals surface area contributed by atoms with E-state index in [0.29, 0.717) is 0 Å². The fraction of sp³-hybridized carbons (Fsp3) is 0.417. The normalized spacial score (nSPS) is 24.5. The zero-order valence-electron chi connectivity index (χ0n) is 17.6. The number of carbonyl (C=O) groups is 2. The van der Waals surface area contributed by atoms with E-state index in [2.05, 4.69) is 57.6 Å². The summed E-state index contributed by atoms with van der Waals surface area (Å²) in [5.74, 6) is -0.919. The van der Waals surface area contributed by atoms with Gasteiger partial charge in [0.2, 0.25) is 5.91 Å². The van der Waals surface area contributed by atoms with E-state index in [4.69, 9.17) is 4.74 Å². The largest absolute Gasteiger partial charge is 0.441 e. The predicted molar refractivity (Wildman–Crippen MR) is 116 cm³/mol. The number of amides is 1. The molecule has 2 aliphatic heterocycles. The highest BCUT2D eigenvalue weighted by molar-refractivity contribution is 5.82. The second-order valence-electron chi connectivity index (χ2n) is 8.24. The Balaban J connectivity index is 1.35. The van der Waals surface area contributed by atoms with Crippen molar-refractivity contribution in [2.24, 2.45) is 5.92 Å². The number of nitrogens with one attached hydrogen (secondary N) is 1. The summed E-state index contributed by atoms with van der Waals surface area (Å²) in [7, 11) is 0. The van der Waals surface area contributed by atoms with Crippen molar-refractivity contribution in [3.05, 3.63) is 65.7 Å². The van der Waals surface area contributed by atoms with Gasteiger partial charge in [-0.05, 0) is 23.3 Å². The summed E-state index contributed by atoms with van der Waals surface area (Å²) in [5, 5.41) is 2.71. The van der Waals surface area contributed by atoms with E-state index in [-0.39, 0.29) is 23.7 Å². The molecule has 2 saturated heterocycles. The Labute approximate surface area is 177 Å². The number of ether oxygens (including phenoxy) is 1. The van der Waals surface area contributed by atoms with Crippen LogP contribution in [0.25, 0.3) is 0 Å². The van der Waals surface area contributed by atoms with E-state index in [1.165, 1.54) is 18.2 Å². The Morgan fingerprint density at radius 2 is 1.70 bits per heavy atom. The second kappa shape index (κ2) is 8.88. The van der Waals surface area contributed by atoms with Gasteiger partial charge in [-0.25, -0.2) is 0 Å². The van der Waals surface area contributed by atoms with E-state index in [1.54, 1.807) is 0 Å². The van der Waals surface area contributed by atoms with Crippen molar-refractivity contribution >= 4 is 17.6 Å². The second-order valence-corrected chi connectivity index (χ2v) is 8.24. The van der Waals surface area contributed by atoms with Gasteiger partial charge in [0, 0.05) is 51.3 Å². The Bertz CT molecular complexity index is 876. The van der Waals surface area contributed by atoms with Crippen LogP contribution in [0.15, 0.2) is 54.6 Å². The van der Waals surface area contributed by atoms with Crippen molar-refractivity contribution < 1.29 is 14.3 Å². The van der Waals surface area contributed by atoms with Gasteiger partial charge in [0.1, 0.15) is 0 Å². The molecule has 0 bridgehead atoms. The average molecular weight is 408 g/mol. The first kappa shape index (κ1) is 20.4. The molecule has 2 fully saturated rings. The highest BCUT2D eigenvalue weighted by Crippen LogP contribution is 2.36. The fourth-order valence-corrected chi connectivity index (χ4v) is 4.39. The van der Waals surface area contributed by atoms with Crippen molar-refractivity contribution in [2.75, 3.05) is 31.1 Å². The molecule has 6 heteroatoms. The molecule has 2 heterocycles. The van der Waals surface area contributed by atoms with Gasteiger partial charge >= 0.3 is 5.97 Å². The Kier molecular flexibility index (Phi) is 6.04. The summed E-state index contributed by atoms with van der Waals surface area (Å²) in [6.45, 7) is 8.39. The lowest BCUT2D eigenvalue weighted by Gasteiger charge is -2.36. The van der Waals surface area contributed by atoms with Crippen LogP contribution in [-0.4, -0.2) is 49.2 Å². The van der Waals surface area contributed by atoms with Crippen LogP contribution in [0.1, 0.15) is 30.9 Å². The zero-order valence-corrected chi connectivity index (χ0v) is 17.6. The smallest absolute Gasteiger partial charge is 0.315 e. The number of rotatable bonds is 5. The van der Waals surface area contributed by atoms with Crippen LogP contribution in [0.4, 0.5) is 5.69 Å². The Morgan fingerprint density at radius 1 is 1.03 bits per heavy atom. The van der Waals surface area contributed by atoms with Crippen molar-refractivity contribution in [2.45, 2.75) is 32.5 Å². The number of esters is 1. The van der Waals surface area contributed by atoms with Crippen molar-refractivity contribution in [3.8, 4) is 0 Å². The van der Waals surface area contributed by atoms with E-state index in [0.717, 1.165) is 38.3 Å². The molecular weight excluding hydrogens is 378 g/mol. The number of piperazine rings is 1. The van der Waals surface area contributed by atoms with Gasteiger partial charge in [-0.15, -0.1) is 0 Å². The summed E-state index contributed by atoms with van der Waals surface area (Å²) in [5.41, 5.74) is 3.47. The maximum Gasteiger partial charge on any atom is 0.315 e. The van der Waals surface area contributed by atoms with Crippen LogP contribution in [0, 0.1) is 5.92 Å². The molecule has 2 aromatic rings. The van der Waals surface area contributed by atoms with Gasteiger partial charge in [-0.3, -0.25) is 14.5 Å². The van der Waals surface area contributed by atoms with Gasteiger partial charge in [0.15, 0.2) is 6.23 Å². The minimum atomic E-state index is -0.558. The van der Waals surface area contributed by atoms with Crippen LogP contribution < -0.4 is 10.2 Å². The molecule has 0 aromatic heterocycles. The van der Waals surface area contributed by atoms with Crippen molar-refractivity contribution in [1.82, 2.24) is 10.2 Å². The summed E-state index contributed by atoms with van der Waals surface area (Å²) in [6.07, 6.45) is -0.558. The molecule has 1 N–H and O–H groups in total. The van der Waals surface area contributed by atoms with Crippen molar-refractivity contribution in [3.63, 3.8) is 0 Å². The summed E-state index contributed by atoms with van der Waals surface area (Å²) >= 11 is 0. The number of carbonyl (C=O) groups excluding carboxylic acids is 2. The molecule has 2 unspecified atom stereocenters. The van der Waals surface area contributed by atoms with Gasteiger partial charge in [0.05, 0.1) is 5.92 Å². The standard InChI is InChI=1S/C24H29N3O3/c1-17-22(24(29)30-23(17)25-18(2)28)20-8-10-21(11-9-20)27-14-12-26(13-15-27)16-19-6-4-3-5-7-19/h3-11,17,22-23H,12-16H2,1-2H3,(H,25,28)/t17?,22?,23-/m1/s1. The molecule has 0 aliphatic carbocycles. The third kappa shape index (κ3) is 4.49. The number of hydrogen-bond donors (Lipinski definition) is 1. The molecule has 158 valence electrons. The number of cyclic esters (lactones) is 1. The first-order valence-corrected chi connectivity index (χ1v) is 10.6. The van der Waals surface area contributed by atoms with Crippen LogP contribution in [0.3, 0.4) is 0 Å². The molecular formula is C24H29N3O3. The highest BCUT2D eigenvalue weighted by Gasteiger charge is 2.43. The van der Waals surface area contributed by atoms with E-state index < -0.39 is 6.23 Å². The van der Waals surface area contributed by atoms with Crippen molar-refractivity contribution in [1.29, 1.82) is 0 Å². The molecule has 4 rings (SSSR count). The Hall–Kier alpha value is -2.86. The summed E-state index contributed by atoms with van der Waals surface area (Å²) in [6, 6.07) is 18.8. The SMILES string of the molecule is CC(=O)N[C@@H]1OC(=O)C(c2ccc(N3CCN(Cc4ccccc4)CC3)cc2)C1C. The molecule has 2 aromatic carbocycles.